The van der Waals surface area contributed by atoms with Crippen LogP contribution in [0.2, 0.25) is 0 Å². The van der Waals surface area contributed by atoms with Gasteiger partial charge in [0.1, 0.15) is 5.69 Å². The maximum absolute atomic E-state index is 13.1. The summed E-state index contributed by atoms with van der Waals surface area (Å²) >= 11 is 0. The van der Waals surface area contributed by atoms with Gasteiger partial charge in [-0.05, 0) is 37.3 Å². The lowest BCUT2D eigenvalue weighted by atomic mass is 10.1. The molecule has 1 atom stereocenters. The third kappa shape index (κ3) is 3.69. The Hall–Kier alpha value is -3.73. The van der Waals surface area contributed by atoms with Gasteiger partial charge in [-0.1, -0.05) is 54.6 Å². The molecule has 0 aliphatic heterocycles. The second-order valence-corrected chi connectivity index (χ2v) is 6.48. The Balaban J connectivity index is 1.70. The molecule has 1 N–H and O–H groups in total. The quantitative estimate of drug-likeness (QED) is 0.567. The third-order valence-electron chi connectivity index (χ3n) is 4.49. The lowest BCUT2D eigenvalue weighted by Crippen LogP contribution is -2.29. The second kappa shape index (κ2) is 7.88. The average Bonchev–Trinajstić information content (AvgIpc) is 3.21. The van der Waals surface area contributed by atoms with Crippen molar-refractivity contribution in [3.63, 3.8) is 0 Å². The number of rotatable bonds is 5. The molecule has 0 radical (unpaired) electrons. The van der Waals surface area contributed by atoms with E-state index in [2.05, 4.69) is 10.3 Å². The van der Waals surface area contributed by atoms with E-state index >= 15 is 0 Å². The van der Waals surface area contributed by atoms with Crippen LogP contribution in [0.5, 0.6) is 0 Å². The molecule has 0 aliphatic rings. The second-order valence-electron chi connectivity index (χ2n) is 6.48. The van der Waals surface area contributed by atoms with E-state index in [0.717, 1.165) is 22.6 Å². The Bertz CT molecular complexity index is 1060. The molecule has 2 heterocycles. The highest BCUT2D eigenvalue weighted by atomic mass is 16.2. The maximum Gasteiger partial charge on any atom is 0.270 e. The van der Waals surface area contributed by atoms with E-state index in [1.807, 2.05) is 91.9 Å². The Kier molecular flexibility index (Phi) is 4.97. The molecule has 0 saturated carbocycles. The molecule has 2 aromatic carbocycles. The van der Waals surface area contributed by atoms with E-state index in [4.69, 9.17) is 5.10 Å². The van der Waals surface area contributed by atoms with Gasteiger partial charge in [-0.2, -0.15) is 5.10 Å². The molecule has 4 rings (SSSR count). The number of benzene rings is 2. The van der Waals surface area contributed by atoms with Crippen LogP contribution in [0.25, 0.3) is 16.9 Å². The summed E-state index contributed by atoms with van der Waals surface area (Å²) in [6.07, 6.45) is 1.72. The van der Waals surface area contributed by atoms with Gasteiger partial charge in [0.05, 0.1) is 23.1 Å². The predicted octanol–water partition coefficient (Wildman–Crippen LogP) is 4.43. The average molecular weight is 368 g/mol. The van der Waals surface area contributed by atoms with Gasteiger partial charge in [-0.15, -0.1) is 0 Å². The highest BCUT2D eigenvalue weighted by Gasteiger charge is 2.20. The highest BCUT2D eigenvalue weighted by Crippen LogP contribution is 2.22. The molecule has 138 valence electrons. The van der Waals surface area contributed by atoms with Gasteiger partial charge in [0.25, 0.3) is 5.91 Å². The molecule has 0 aliphatic carbocycles. The third-order valence-corrected chi connectivity index (χ3v) is 4.49. The topological polar surface area (TPSA) is 59.8 Å². The molecule has 0 fully saturated rings. The normalized spacial score (nSPS) is 11.8. The van der Waals surface area contributed by atoms with E-state index in [-0.39, 0.29) is 11.9 Å². The number of pyridine rings is 1. The molecule has 0 saturated heterocycles. The molecule has 0 bridgehead atoms. The lowest BCUT2D eigenvalue weighted by molar-refractivity contribution is 0.0931. The van der Waals surface area contributed by atoms with Crippen LogP contribution in [0.15, 0.2) is 91.1 Å². The summed E-state index contributed by atoms with van der Waals surface area (Å²) in [5.41, 5.74) is 3.84. The van der Waals surface area contributed by atoms with E-state index in [1.165, 1.54) is 0 Å². The molecule has 4 aromatic rings. The lowest BCUT2D eigenvalue weighted by Gasteiger charge is -2.14. The summed E-state index contributed by atoms with van der Waals surface area (Å²) in [6.45, 7) is 1.92. The Morgan fingerprint density at radius 1 is 0.929 bits per heavy atom. The molecule has 1 unspecified atom stereocenters. The van der Waals surface area contributed by atoms with Gasteiger partial charge in [-0.3, -0.25) is 9.78 Å². The number of nitrogens with zero attached hydrogens (tertiary/aromatic N) is 3. The van der Waals surface area contributed by atoms with E-state index in [0.29, 0.717) is 5.69 Å². The summed E-state index contributed by atoms with van der Waals surface area (Å²) in [6, 6.07) is 26.8. The SMILES string of the molecule is CC(NC(=O)c1cc(-c2ccccc2)nn1-c1ccccc1)c1ccccn1. The van der Waals surface area contributed by atoms with Crippen molar-refractivity contribution in [1.29, 1.82) is 0 Å². The number of hydrogen-bond donors (Lipinski definition) is 1. The molecule has 1 amide bonds. The first kappa shape index (κ1) is 17.7. The smallest absolute Gasteiger partial charge is 0.270 e. The predicted molar refractivity (Wildman–Crippen MR) is 109 cm³/mol. The number of aromatic nitrogens is 3. The van der Waals surface area contributed by atoms with Gasteiger partial charge in [0, 0.05) is 11.8 Å². The standard InChI is InChI=1S/C23H20N4O/c1-17(20-14-8-9-15-24-20)25-23(28)22-16-21(18-10-4-2-5-11-18)26-27(22)19-12-6-3-7-13-19/h2-17H,1H3,(H,25,28). The van der Waals surface area contributed by atoms with E-state index in [1.54, 1.807) is 10.9 Å². The zero-order valence-corrected chi connectivity index (χ0v) is 15.5. The largest absolute Gasteiger partial charge is 0.343 e. The number of hydrogen-bond acceptors (Lipinski definition) is 3. The Morgan fingerprint density at radius 3 is 2.29 bits per heavy atom. The van der Waals surface area contributed by atoms with Crippen LogP contribution < -0.4 is 5.32 Å². The van der Waals surface area contributed by atoms with Gasteiger partial charge in [0.15, 0.2) is 0 Å². The molecule has 0 spiro atoms. The minimum Gasteiger partial charge on any atom is -0.343 e. The van der Waals surface area contributed by atoms with Crippen LogP contribution >= 0.6 is 0 Å². The van der Waals surface area contributed by atoms with Crippen LogP contribution in [-0.4, -0.2) is 20.7 Å². The highest BCUT2D eigenvalue weighted by molar-refractivity contribution is 5.94. The molecule has 5 nitrogen and oxygen atoms in total. The summed E-state index contributed by atoms with van der Waals surface area (Å²) in [5.74, 6) is -0.198. The number of carbonyl (C=O) groups is 1. The van der Waals surface area contributed by atoms with Crippen molar-refractivity contribution in [2.45, 2.75) is 13.0 Å². The van der Waals surface area contributed by atoms with Crippen molar-refractivity contribution >= 4 is 5.91 Å². The maximum atomic E-state index is 13.1. The first-order chi connectivity index (χ1) is 13.7. The van der Waals surface area contributed by atoms with E-state index in [9.17, 15) is 4.79 Å². The molecule has 5 heteroatoms. The summed E-state index contributed by atoms with van der Waals surface area (Å²) in [4.78, 5) is 17.4. The number of carbonyl (C=O) groups excluding carboxylic acids is 1. The van der Waals surface area contributed by atoms with Crippen molar-refractivity contribution in [3.8, 4) is 16.9 Å². The molecule has 28 heavy (non-hydrogen) atoms. The van der Waals surface area contributed by atoms with Crippen molar-refractivity contribution < 1.29 is 4.79 Å². The molecular formula is C23H20N4O. The minimum atomic E-state index is -0.215. The van der Waals surface area contributed by atoms with Crippen molar-refractivity contribution in [2.75, 3.05) is 0 Å². The Morgan fingerprint density at radius 2 is 1.61 bits per heavy atom. The summed E-state index contributed by atoms with van der Waals surface area (Å²) in [5, 5.41) is 7.72. The number of para-hydroxylation sites is 1. The first-order valence-electron chi connectivity index (χ1n) is 9.15. The fourth-order valence-electron chi connectivity index (χ4n) is 3.04. The van der Waals surface area contributed by atoms with Gasteiger partial charge >= 0.3 is 0 Å². The van der Waals surface area contributed by atoms with Crippen molar-refractivity contribution in [2.24, 2.45) is 0 Å². The van der Waals surface area contributed by atoms with Crippen molar-refractivity contribution in [3.05, 3.63) is 103 Å². The molecular weight excluding hydrogens is 348 g/mol. The summed E-state index contributed by atoms with van der Waals surface area (Å²) in [7, 11) is 0. The minimum absolute atomic E-state index is 0.198. The zero-order chi connectivity index (χ0) is 19.3. The van der Waals surface area contributed by atoms with E-state index < -0.39 is 0 Å². The number of nitrogens with one attached hydrogen (secondary N) is 1. The van der Waals surface area contributed by atoms with Crippen LogP contribution in [0.1, 0.15) is 29.1 Å². The summed E-state index contributed by atoms with van der Waals surface area (Å²) < 4.78 is 1.68. The molecule has 2 aromatic heterocycles. The monoisotopic (exact) mass is 368 g/mol. The van der Waals surface area contributed by atoms with Crippen LogP contribution in [-0.2, 0) is 0 Å². The Labute approximate surface area is 163 Å². The van der Waals surface area contributed by atoms with Gasteiger partial charge in [0.2, 0.25) is 0 Å². The van der Waals surface area contributed by atoms with Gasteiger partial charge in [-0.25, -0.2) is 4.68 Å². The fraction of sp³-hybridized carbons (Fsp3) is 0.0870. The van der Waals surface area contributed by atoms with Crippen LogP contribution in [0, 0.1) is 0 Å². The fourth-order valence-corrected chi connectivity index (χ4v) is 3.04. The first-order valence-corrected chi connectivity index (χ1v) is 9.15. The van der Waals surface area contributed by atoms with Gasteiger partial charge < -0.3 is 5.32 Å². The zero-order valence-electron chi connectivity index (χ0n) is 15.5. The van der Waals surface area contributed by atoms with Crippen LogP contribution in [0.3, 0.4) is 0 Å². The number of amides is 1. The van der Waals surface area contributed by atoms with Crippen molar-refractivity contribution in [1.82, 2.24) is 20.1 Å². The van der Waals surface area contributed by atoms with Crippen LogP contribution in [0.4, 0.5) is 0 Å².